The van der Waals surface area contributed by atoms with Gasteiger partial charge < -0.3 is 5.11 Å². The molecule has 0 aliphatic rings. The maximum Gasteiger partial charge on any atom is 0.409 e. The van der Waals surface area contributed by atoms with Gasteiger partial charge in [-0.1, -0.05) is 11.6 Å². The SMILES string of the molecule is Cn1ncnc1C(C)(C)n1cc(NC(=O)O)c(Cl)n1. The molecule has 0 unspecified atom stereocenters. The van der Waals surface area contributed by atoms with Crippen LogP contribution in [0.4, 0.5) is 10.5 Å². The molecule has 102 valence electrons. The van der Waals surface area contributed by atoms with Gasteiger partial charge in [-0.05, 0) is 13.8 Å². The Labute approximate surface area is 114 Å². The van der Waals surface area contributed by atoms with Crippen LogP contribution in [0.25, 0.3) is 0 Å². The van der Waals surface area contributed by atoms with Gasteiger partial charge in [0.2, 0.25) is 0 Å². The highest BCUT2D eigenvalue weighted by molar-refractivity contribution is 6.32. The Morgan fingerprint density at radius 1 is 1.53 bits per heavy atom. The molecule has 19 heavy (non-hydrogen) atoms. The summed E-state index contributed by atoms with van der Waals surface area (Å²) in [7, 11) is 1.77. The first kappa shape index (κ1) is 13.3. The molecule has 0 saturated carbocycles. The van der Waals surface area contributed by atoms with E-state index >= 15 is 0 Å². The van der Waals surface area contributed by atoms with Crippen LogP contribution in [-0.2, 0) is 12.6 Å². The molecule has 0 atom stereocenters. The van der Waals surface area contributed by atoms with Crippen LogP contribution in [0.2, 0.25) is 5.15 Å². The minimum atomic E-state index is -1.20. The molecule has 2 aromatic rings. The molecule has 0 bridgehead atoms. The fourth-order valence-corrected chi connectivity index (χ4v) is 1.97. The van der Waals surface area contributed by atoms with Gasteiger partial charge in [0, 0.05) is 7.05 Å². The van der Waals surface area contributed by atoms with Gasteiger partial charge >= 0.3 is 6.09 Å². The lowest BCUT2D eigenvalue weighted by Gasteiger charge is -2.23. The van der Waals surface area contributed by atoms with Gasteiger partial charge in [-0.25, -0.2) is 9.78 Å². The van der Waals surface area contributed by atoms with Crippen molar-refractivity contribution in [3.05, 3.63) is 23.5 Å². The summed E-state index contributed by atoms with van der Waals surface area (Å²) >= 11 is 5.90. The van der Waals surface area contributed by atoms with Crippen molar-refractivity contribution in [1.29, 1.82) is 0 Å². The number of aryl methyl sites for hydroxylation is 1. The molecule has 2 N–H and O–H groups in total. The van der Waals surface area contributed by atoms with Crippen LogP contribution >= 0.6 is 11.6 Å². The number of carboxylic acid groups (broad SMARTS) is 1. The number of nitrogens with zero attached hydrogens (tertiary/aromatic N) is 5. The lowest BCUT2D eigenvalue weighted by molar-refractivity contribution is 0.209. The van der Waals surface area contributed by atoms with E-state index in [2.05, 4.69) is 20.5 Å². The summed E-state index contributed by atoms with van der Waals surface area (Å²) in [5.74, 6) is 0.675. The molecular formula is C10H13ClN6O2. The molecule has 0 radical (unpaired) electrons. The molecule has 0 saturated heterocycles. The van der Waals surface area contributed by atoms with Crippen LogP contribution in [0, 0.1) is 0 Å². The Balaban J connectivity index is 2.41. The first-order chi connectivity index (χ1) is 8.82. The third kappa shape index (κ3) is 2.39. The van der Waals surface area contributed by atoms with Gasteiger partial charge in [0.05, 0.1) is 6.20 Å². The monoisotopic (exact) mass is 284 g/mol. The Kier molecular flexibility index (Phi) is 3.19. The normalized spacial score (nSPS) is 11.6. The van der Waals surface area contributed by atoms with Crippen molar-refractivity contribution in [2.24, 2.45) is 7.05 Å². The van der Waals surface area contributed by atoms with Crippen LogP contribution in [0.1, 0.15) is 19.7 Å². The summed E-state index contributed by atoms with van der Waals surface area (Å²) in [6.07, 6.45) is 1.77. The number of rotatable bonds is 3. The van der Waals surface area contributed by atoms with Gasteiger partial charge in [-0.15, -0.1) is 0 Å². The van der Waals surface area contributed by atoms with Gasteiger partial charge in [0.25, 0.3) is 0 Å². The Morgan fingerprint density at radius 2 is 2.21 bits per heavy atom. The number of amides is 1. The van der Waals surface area contributed by atoms with Crippen molar-refractivity contribution >= 4 is 23.4 Å². The van der Waals surface area contributed by atoms with E-state index in [0.29, 0.717) is 5.82 Å². The summed E-state index contributed by atoms with van der Waals surface area (Å²) in [6.45, 7) is 3.76. The van der Waals surface area contributed by atoms with Crippen LogP contribution < -0.4 is 5.32 Å². The molecule has 0 aliphatic carbocycles. The van der Waals surface area contributed by atoms with E-state index in [1.54, 1.807) is 16.4 Å². The van der Waals surface area contributed by atoms with E-state index in [1.165, 1.54) is 12.5 Å². The average molecular weight is 285 g/mol. The van der Waals surface area contributed by atoms with Gasteiger partial charge in [-0.3, -0.25) is 14.7 Å². The first-order valence-corrected chi connectivity index (χ1v) is 5.80. The predicted octanol–water partition coefficient (Wildman–Crippen LogP) is 1.54. The predicted molar refractivity (Wildman–Crippen MR) is 68.3 cm³/mol. The molecular weight excluding hydrogens is 272 g/mol. The maximum absolute atomic E-state index is 10.6. The largest absolute Gasteiger partial charge is 0.465 e. The second-order valence-electron chi connectivity index (χ2n) is 4.47. The van der Waals surface area contributed by atoms with Crippen LogP contribution in [0.3, 0.4) is 0 Å². The Bertz CT molecular complexity index is 617. The number of hydrogen-bond donors (Lipinski definition) is 2. The lowest BCUT2D eigenvalue weighted by Crippen LogP contribution is -2.31. The van der Waals surface area contributed by atoms with Gasteiger partial charge in [-0.2, -0.15) is 10.2 Å². The lowest BCUT2D eigenvalue weighted by atomic mass is 10.1. The molecule has 2 rings (SSSR count). The fourth-order valence-electron chi connectivity index (χ4n) is 1.79. The highest BCUT2D eigenvalue weighted by atomic mass is 35.5. The minimum absolute atomic E-state index is 0.0812. The first-order valence-electron chi connectivity index (χ1n) is 5.42. The molecule has 0 fully saturated rings. The second kappa shape index (κ2) is 4.54. The molecule has 1 amide bonds. The maximum atomic E-state index is 10.6. The van der Waals surface area contributed by atoms with E-state index in [1.807, 2.05) is 13.8 Å². The number of carbonyl (C=O) groups is 1. The van der Waals surface area contributed by atoms with Crippen LogP contribution in [-0.4, -0.2) is 35.7 Å². The van der Waals surface area contributed by atoms with Crippen molar-refractivity contribution in [3.8, 4) is 0 Å². The Morgan fingerprint density at radius 3 is 2.74 bits per heavy atom. The number of aromatic nitrogens is 5. The average Bonchev–Trinajstić information content (AvgIpc) is 2.86. The van der Waals surface area contributed by atoms with E-state index in [4.69, 9.17) is 16.7 Å². The van der Waals surface area contributed by atoms with Crippen LogP contribution in [0.5, 0.6) is 0 Å². The zero-order chi connectivity index (χ0) is 14.2. The minimum Gasteiger partial charge on any atom is -0.465 e. The van der Waals surface area contributed by atoms with E-state index in [-0.39, 0.29) is 10.8 Å². The zero-order valence-electron chi connectivity index (χ0n) is 10.6. The smallest absolute Gasteiger partial charge is 0.409 e. The standard InChI is InChI=1S/C10H13ClN6O2/c1-10(2,8-12-5-13-16(8)3)17-4-6(7(11)15-17)14-9(18)19/h4-5,14H,1-3H3,(H,18,19). The van der Waals surface area contributed by atoms with Crippen molar-refractivity contribution < 1.29 is 9.90 Å². The van der Waals surface area contributed by atoms with E-state index < -0.39 is 11.6 Å². The molecule has 8 nitrogen and oxygen atoms in total. The van der Waals surface area contributed by atoms with Crippen molar-refractivity contribution in [2.45, 2.75) is 19.4 Å². The van der Waals surface area contributed by atoms with E-state index in [9.17, 15) is 4.79 Å². The molecule has 2 heterocycles. The molecule has 0 spiro atoms. The van der Waals surface area contributed by atoms with Gasteiger partial charge in [0.1, 0.15) is 17.6 Å². The van der Waals surface area contributed by atoms with Crippen molar-refractivity contribution in [1.82, 2.24) is 24.5 Å². The number of hydrogen-bond acceptors (Lipinski definition) is 4. The number of halogens is 1. The third-order valence-corrected chi connectivity index (χ3v) is 3.02. The summed E-state index contributed by atoms with van der Waals surface area (Å²) in [4.78, 5) is 14.8. The quantitative estimate of drug-likeness (QED) is 0.891. The third-order valence-electron chi connectivity index (χ3n) is 2.74. The summed E-state index contributed by atoms with van der Waals surface area (Å²) in [5.41, 5.74) is -0.391. The fraction of sp³-hybridized carbons (Fsp3) is 0.400. The van der Waals surface area contributed by atoms with Crippen LogP contribution in [0.15, 0.2) is 12.5 Å². The van der Waals surface area contributed by atoms with E-state index in [0.717, 1.165) is 0 Å². The second-order valence-corrected chi connectivity index (χ2v) is 4.83. The summed E-state index contributed by atoms with van der Waals surface area (Å²) < 4.78 is 3.17. The topological polar surface area (TPSA) is 97.9 Å². The molecule has 0 aromatic carbocycles. The van der Waals surface area contributed by atoms with Crippen molar-refractivity contribution in [2.75, 3.05) is 5.32 Å². The van der Waals surface area contributed by atoms with Crippen molar-refractivity contribution in [3.63, 3.8) is 0 Å². The number of nitrogens with one attached hydrogen (secondary N) is 1. The zero-order valence-corrected chi connectivity index (χ0v) is 11.4. The molecule has 2 aromatic heterocycles. The summed E-state index contributed by atoms with van der Waals surface area (Å²) in [6, 6.07) is 0. The van der Waals surface area contributed by atoms with Gasteiger partial charge in [0.15, 0.2) is 11.0 Å². The summed E-state index contributed by atoms with van der Waals surface area (Å²) in [5, 5.41) is 19.1. The Hall–Kier alpha value is -2.09. The molecule has 0 aliphatic heterocycles. The highest BCUT2D eigenvalue weighted by Crippen LogP contribution is 2.27. The number of anilines is 1. The highest BCUT2D eigenvalue weighted by Gasteiger charge is 2.30. The molecule has 9 heteroatoms.